The number of aliphatic carboxylic acids is 1. The summed E-state index contributed by atoms with van der Waals surface area (Å²) in [4.78, 5) is 26.1. The molecule has 1 aliphatic heterocycles. The van der Waals surface area contributed by atoms with Crippen LogP contribution in [0.4, 0.5) is 0 Å². The number of nitrogens with zero attached hydrogens (tertiary/aromatic N) is 1. The Morgan fingerprint density at radius 1 is 1.10 bits per heavy atom. The molecule has 1 saturated carbocycles. The lowest BCUT2D eigenvalue weighted by Crippen LogP contribution is -2.48. The minimum atomic E-state index is -0.820. The summed E-state index contributed by atoms with van der Waals surface area (Å²) in [6, 6.07) is -0.398. The van der Waals surface area contributed by atoms with Crippen LogP contribution in [0, 0.1) is 11.8 Å². The lowest BCUT2D eigenvalue weighted by atomic mass is 9.84. The molecule has 4 nitrogen and oxygen atoms in total. The number of carboxylic acids is 1. The number of hydrogen-bond donors (Lipinski definition) is 1. The fourth-order valence-corrected chi connectivity index (χ4v) is 4.23. The Bertz CT molecular complexity index is 431. The highest BCUT2D eigenvalue weighted by molar-refractivity contribution is 5.86. The van der Waals surface area contributed by atoms with Gasteiger partial charge in [0.2, 0.25) is 5.91 Å². The Hall–Kier alpha value is -1.32. The fraction of sp³-hybridized carbons (Fsp3) is 0.750. The molecule has 3 aliphatic rings. The third kappa shape index (κ3) is 2.36. The maximum Gasteiger partial charge on any atom is 0.326 e. The average Bonchev–Trinajstić information content (AvgIpc) is 2.87. The van der Waals surface area contributed by atoms with Crippen LogP contribution in [-0.2, 0) is 9.59 Å². The number of allylic oxidation sites excluding steroid dienone is 2. The molecule has 3 rings (SSSR count). The molecule has 0 radical (unpaired) electrons. The third-order valence-corrected chi connectivity index (χ3v) is 5.25. The molecule has 2 aliphatic carbocycles. The summed E-state index contributed by atoms with van der Waals surface area (Å²) in [5, 5.41) is 9.47. The first-order valence-corrected chi connectivity index (χ1v) is 7.88. The fourth-order valence-electron chi connectivity index (χ4n) is 4.23. The summed E-state index contributed by atoms with van der Waals surface area (Å²) < 4.78 is 0. The molecule has 4 unspecified atom stereocenters. The zero-order valence-corrected chi connectivity index (χ0v) is 11.8. The standard InChI is InChI=1S/C16H23NO3/c18-15(11-6-2-1-3-7-11)17-13-9-5-4-8-12(13)10-14(17)16(19)20/h1-2,11-14H,3-10H2,(H,19,20). The van der Waals surface area contributed by atoms with Crippen LogP contribution in [0.25, 0.3) is 0 Å². The number of carbonyl (C=O) groups is 2. The number of carbonyl (C=O) groups excluding carboxylic acids is 1. The first-order valence-electron chi connectivity index (χ1n) is 7.88. The molecular weight excluding hydrogens is 254 g/mol. The number of amides is 1. The van der Waals surface area contributed by atoms with Crippen molar-refractivity contribution in [3.8, 4) is 0 Å². The van der Waals surface area contributed by atoms with Crippen molar-refractivity contribution in [1.29, 1.82) is 0 Å². The normalized spacial score (nSPS) is 36.7. The van der Waals surface area contributed by atoms with Gasteiger partial charge in [-0.1, -0.05) is 25.0 Å². The monoisotopic (exact) mass is 277 g/mol. The molecule has 0 spiro atoms. The van der Waals surface area contributed by atoms with E-state index in [1.807, 2.05) is 0 Å². The molecule has 110 valence electrons. The van der Waals surface area contributed by atoms with Crippen molar-refractivity contribution in [1.82, 2.24) is 4.90 Å². The predicted octanol–water partition coefficient (Wildman–Crippen LogP) is 2.59. The Balaban J connectivity index is 1.81. The first-order chi connectivity index (χ1) is 9.68. The van der Waals surface area contributed by atoms with E-state index >= 15 is 0 Å². The van der Waals surface area contributed by atoms with Crippen molar-refractivity contribution in [2.45, 2.75) is 63.5 Å². The van der Waals surface area contributed by atoms with E-state index in [1.165, 1.54) is 6.42 Å². The van der Waals surface area contributed by atoms with Crippen LogP contribution in [0.2, 0.25) is 0 Å². The van der Waals surface area contributed by atoms with Gasteiger partial charge in [0.1, 0.15) is 6.04 Å². The van der Waals surface area contributed by atoms with Crippen molar-refractivity contribution < 1.29 is 14.7 Å². The maximum atomic E-state index is 12.8. The number of hydrogen-bond acceptors (Lipinski definition) is 2. The predicted molar refractivity (Wildman–Crippen MR) is 75.1 cm³/mol. The second-order valence-electron chi connectivity index (χ2n) is 6.43. The Kier molecular flexibility index (Phi) is 3.81. The second-order valence-corrected chi connectivity index (χ2v) is 6.43. The van der Waals surface area contributed by atoms with E-state index in [0.29, 0.717) is 12.3 Å². The number of rotatable bonds is 2. The van der Waals surface area contributed by atoms with Crippen LogP contribution in [0.1, 0.15) is 51.4 Å². The molecule has 2 fully saturated rings. The van der Waals surface area contributed by atoms with Gasteiger partial charge in [-0.05, 0) is 44.4 Å². The van der Waals surface area contributed by atoms with E-state index in [0.717, 1.165) is 38.5 Å². The largest absolute Gasteiger partial charge is 0.480 e. The van der Waals surface area contributed by atoms with Crippen LogP contribution in [-0.4, -0.2) is 34.0 Å². The van der Waals surface area contributed by atoms with E-state index in [4.69, 9.17) is 0 Å². The zero-order valence-electron chi connectivity index (χ0n) is 11.8. The average molecular weight is 277 g/mol. The summed E-state index contributed by atoms with van der Waals surface area (Å²) in [6.45, 7) is 0. The quantitative estimate of drug-likeness (QED) is 0.789. The number of fused-ring (bicyclic) bond motifs is 1. The van der Waals surface area contributed by atoms with Gasteiger partial charge < -0.3 is 10.0 Å². The summed E-state index contributed by atoms with van der Waals surface area (Å²) in [7, 11) is 0. The van der Waals surface area contributed by atoms with E-state index < -0.39 is 12.0 Å². The van der Waals surface area contributed by atoms with E-state index in [2.05, 4.69) is 12.2 Å². The van der Waals surface area contributed by atoms with Crippen LogP contribution in [0.3, 0.4) is 0 Å². The van der Waals surface area contributed by atoms with E-state index in [9.17, 15) is 14.7 Å². The van der Waals surface area contributed by atoms with Crippen LogP contribution < -0.4 is 0 Å². The van der Waals surface area contributed by atoms with Gasteiger partial charge >= 0.3 is 5.97 Å². The first kappa shape index (κ1) is 13.7. The Morgan fingerprint density at radius 3 is 2.60 bits per heavy atom. The van der Waals surface area contributed by atoms with Crippen molar-refractivity contribution in [3.63, 3.8) is 0 Å². The SMILES string of the molecule is O=C(O)C1CC2CCCCC2N1C(=O)C1CC=CCC1. The maximum absolute atomic E-state index is 12.8. The van der Waals surface area contributed by atoms with Gasteiger partial charge in [-0.2, -0.15) is 0 Å². The summed E-state index contributed by atoms with van der Waals surface area (Å²) in [5.74, 6) is -0.314. The van der Waals surface area contributed by atoms with Gasteiger partial charge in [-0.25, -0.2) is 4.79 Å². The molecule has 0 aromatic heterocycles. The third-order valence-electron chi connectivity index (χ3n) is 5.25. The highest BCUT2D eigenvalue weighted by Crippen LogP contribution is 2.41. The molecule has 0 bridgehead atoms. The van der Waals surface area contributed by atoms with Gasteiger partial charge in [-0.15, -0.1) is 0 Å². The molecule has 0 aromatic carbocycles. The van der Waals surface area contributed by atoms with Gasteiger partial charge in [0, 0.05) is 12.0 Å². The molecule has 4 atom stereocenters. The molecule has 1 amide bonds. The summed E-state index contributed by atoms with van der Waals surface area (Å²) in [6.07, 6.45) is 11.8. The van der Waals surface area contributed by atoms with Crippen LogP contribution in [0.5, 0.6) is 0 Å². The van der Waals surface area contributed by atoms with Gasteiger partial charge in [0.05, 0.1) is 0 Å². The van der Waals surface area contributed by atoms with E-state index in [-0.39, 0.29) is 17.9 Å². The van der Waals surface area contributed by atoms with Crippen molar-refractivity contribution >= 4 is 11.9 Å². The molecule has 0 aromatic rings. The highest BCUT2D eigenvalue weighted by atomic mass is 16.4. The topological polar surface area (TPSA) is 57.6 Å². The molecule has 1 heterocycles. The zero-order chi connectivity index (χ0) is 14.1. The lowest BCUT2D eigenvalue weighted by molar-refractivity contribution is -0.152. The Labute approximate surface area is 119 Å². The second kappa shape index (κ2) is 5.58. The summed E-state index contributed by atoms with van der Waals surface area (Å²) >= 11 is 0. The lowest BCUT2D eigenvalue weighted by Gasteiger charge is -2.35. The molecule has 4 heteroatoms. The number of likely N-dealkylation sites (tertiary alicyclic amines) is 1. The van der Waals surface area contributed by atoms with Gasteiger partial charge in [0.25, 0.3) is 0 Å². The highest BCUT2D eigenvalue weighted by Gasteiger charge is 2.48. The smallest absolute Gasteiger partial charge is 0.326 e. The van der Waals surface area contributed by atoms with Crippen molar-refractivity contribution in [3.05, 3.63) is 12.2 Å². The van der Waals surface area contributed by atoms with E-state index in [1.54, 1.807) is 4.90 Å². The molecule has 20 heavy (non-hydrogen) atoms. The van der Waals surface area contributed by atoms with Gasteiger partial charge in [0.15, 0.2) is 0 Å². The Morgan fingerprint density at radius 2 is 1.90 bits per heavy atom. The minimum Gasteiger partial charge on any atom is -0.480 e. The minimum absolute atomic E-state index is 0.00234. The van der Waals surface area contributed by atoms with Crippen LogP contribution in [0.15, 0.2) is 12.2 Å². The van der Waals surface area contributed by atoms with Crippen molar-refractivity contribution in [2.75, 3.05) is 0 Å². The molecule has 1 saturated heterocycles. The summed E-state index contributed by atoms with van der Waals surface area (Å²) in [5.41, 5.74) is 0. The molecule has 1 N–H and O–H groups in total. The van der Waals surface area contributed by atoms with Crippen LogP contribution >= 0.6 is 0 Å². The molecular formula is C16H23NO3. The van der Waals surface area contributed by atoms with Gasteiger partial charge in [-0.3, -0.25) is 4.79 Å². The number of carboxylic acid groups (broad SMARTS) is 1. The van der Waals surface area contributed by atoms with Crippen molar-refractivity contribution in [2.24, 2.45) is 11.8 Å².